The molecule has 1 atom stereocenters. The van der Waals surface area contributed by atoms with Crippen molar-refractivity contribution < 1.29 is 19.4 Å². The first-order valence-electron chi connectivity index (χ1n) is 4.78. The Labute approximate surface area is 87.4 Å². The van der Waals surface area contributed by atoms with Crippen LogP contribution in [0, 0.1) is 5.92 Å². The highest BCUT2D eigenvalue weighted by Crippen LogP contribution is 2.33. The van der Waals surface area contributed by atoms with E-state index in [1.54, 1.807) is 6.92 Å². The van der Waals surface area contributed by atoms with Gasteiger partial charge in [0.05, 0.1) is 5.92 Å². The minimum absolute atomic E-state index is 0.243. The van der Waals surface area contributed by atoms with Crippen LogP contribution in [0.5, 0.6) is 11.5 Å². The Kier molecular flexibility index (Phi) is 2.49. The lowest BCUT2D eigenvalue weighted by Gasteiger charge is -2.06. The van der Waals surface area contributed by atoms with E-state index >= 15 is 0 Å². The Balaban J connectivity index is 2.13. The van der Waals surface area contributed by atoms with Crippen LogP contribution in [-0.2, 0) is 11.2 Å². The van der Waals surface area contributed by atoms with Crippen molar-refractivity contribution in [3.05, 3.63) is 23.8 Å². The number of benzene rings is 1. The topological polar surface area (TPSA) is 55.8 Å². The fourth-order valence-electron chi connectivity index (χ4n) is 1.51. The maximum Gasteiger partial charge on any atom is 0.306 e. The number of carboxylic acid groups (broad SMARTS) is 1. The van der Waals surface area contributed by atoms with E-state index in [1.807, 2.05) is 18.2 Å². The van der Waals surface area contributed by atoms with Crippen molar-refractivity contribution in [2.24, 2.45) is 5.92 Å². The van der Waals surface area contributed by atoms with Crippen LogP contribution in [-0.4, -0.2) is 17.9 Å². The predicted octanol–water partition coefficient (Wildman–Crippen LogP) is 1.68. The van der Waals surface area contributed by atoms with Gasteiger partial charge >= 0.3 is 5.97 Å². The van der Waals surface area contributed by atoms with Crippen LogP contribution in [0.15, 0.2) is 18.2 Å². The number of rotatable bonds is 3. The molecule has 1 aromatic carbocycles. The summed E-state index contributed by atoms with van der Waals surface area (Å²) < 4.78 is 10.4. The summed E-state index contributed by atoms with van der Waals surface area (Å²) in [6.07, 6.45) is 0.506. The molecule has 0 unspecified atom stereocenters. The summed E-state index contributed by atoms with van der Waals surface area (Å²) in [6.45, 7) is 1.93. The summed E-state index contributed by atoms with van der Waals surface area (Å²) in [5.74, 6) is 0.254. The van der Waals surface area contributed by atoms with E-state index in [-0.39, 0.29) is 12.7 Å². The molecule has 0 bridgehead atoms. The molecule has 4 nitrogen and oxygen atoms in total. The average Bonchev–Trinajstić information content (AvgIpc) is 2.64. The van der Waals surface area contributed by atoms with Gasteiger partial charge in [0.25, 0.3) is 0 Å². The second kappa shape index (κ2) is 3.81. The molecule has 1 aliphatic heterocycles. The first kappa shape index (κ1) is 9.83. The Morgan fingerprint density at radius 1 is 1.47 bits per heavy atom. The van der Waals surface area contributed by atoms with Crippen molar-refractivity contribution in [1.82, 2.24) is 0 Å². The van der Waals surface area contributed by atoms with E-state index in [0.717, 1.165) is 11.3 Å². The van der Waals surface area contributed by atoms with Crippen molar-refractivity contribution >= 4 is 5.97 Å². The lowest BCUT2D eigenvalue weighted by molar-refractivity contribution is -0.141. The van der Waals surface area contributed by atoms with Crippen LogP contribution in [0.3, 0.4) is 0 Å². The third-order valence-electron chi connectivity index (χ3n) is 2.40. The summed E-state index contributed by atoms with van der Waals surface area (Å²) in [5, 5.41) is 8.78. The number of carbonyl (C=O) groups is 1. The smallest absolute Gasteiger partial charge is 0.306 e. The zero-order chi connectivity index (χ0) is 10.8. The number of ether oxygens (including phenoxy) is 2. The third kappa shape index (κ3) is 2.03. The first-order valence-corrected chi connectivity index (χ1v) is 4.78. The zero-order valence-electron chi connectivity index (χ0n) is 8.40. The van der Waals surface area contributed by atoms with Gasteiger partial charge in [0.1, 0.15) is 0 Å². The first-order chi connectivity index (χ1) is 7.16. The molecule has 0 saturated heterocycles. The molecule has 15 heavy (non-hydrogen) atoms. The van der Waals surface area contributed by atoms with Gasteiger partial charge in [0.15, 0.2) is 11.5 Å². The van der Waals surface area contributed by atoms with Crippen molar-refractivity contribution in [2.45, 2.75) is 13.3 Å². The van der Waals surface area contributed by atoms with Gasteiger partial charge in [0, 0.05) is 0 Å². The standard InChI is InChI=1S/C11H12O4/c1-7(11(12)13)4-8-2-3-9-10(5-8)15-6-14-9/h2-3,5,7H,4,6H2,1H3,(H,12,13)/t7-/m0/s1. The van der Waals surface area contributed by atoms with Crippen LogP contribution in [0.2, 0.25) is 0 Å². The maximum atomic E-state index is 10.7. The highest BCUT2D eigenvalue weighted by molar-refractivity contribution is 5.70. The SMILES string of the molecule is C[C@@H](Cc1ccc2c(c1)OCO2)C(=O)O. The predicted molar refractivity (Wildman–Crippen MR) is 53.1 cm³/mol. The summed E-state index contributed by atoms with van der Waals surface area (Å²) in [6, 6.07) is 5.51. The second-order valence-corrected chi connectivity index (χ2v) is 3.63. The molecule has 0 aromatic heterocycles. The minimum atomic E-state index is -0.785. The number of carboxylic acids is 1. The third-order valence-corrected chi connectivity index (χ3v) is 2.40. The van der Waals surface area contributed by atoms with Gasteiger partial charge in [-0.1, -0.05) is 13.0 Å². The normalized spacial score (nSPS) is 15.0. The number of fused-ring (bicyclic) bond motifs is 1. The lowest BCUT2D eigenvalue weighted by Crippen LogP contribution is -2.12. The number of aliphatic carboxylic acids is 1. The Hall–Kier alpha value is -1.71. The van der Waals surface area contributed by atoms with Crippen molar-refractivity contribution in [3.8, 4) is 11.5 Å². The molecule has 1 heterocycles. The molecule has 0 saturated carbocycles. The van der Waals surface area contributed by atoms with Crippen molar-refractivity contribution in [1.29, 1.82) is 0 Å². The molecular formula is C11H12O4. The number of hydrogen-bond acceptors (Lipinski definition) is 3. The monoisotopic (exact) mass is 208 g/mol. The molecule has 1 N–H and O–H groups in total. The van der Waals surface area contributed by atoms with E-state index < -0.39 is 5.97 Å². The molecule has 0 fully saturated rings. The molecular weight excluding hydrogens is 196 g/mol. The Morgan fingerprint density at radius 2 is 2.20 bits per heavy atom. The van der Waals surface area contributed by atoms with Gasteiger partial charge in [-0.25, -0.2) is 0 Å². The molecule has 0 amide bonds. The Morgan fingerprint density at radius 3 is 2.93 bits per heavy atom. The van der Waals surface area contributed by atoms with Crippen molar-refractivity contribution in [2.75, 3.05) is 6.79 Å². The second-order valence-electron chi connectivity index (χ2n) is 3.63. The van der Waals surface area contributed by atoms with Crippen LogP contribution >= 0.6 is 0 Å². The summed E-state index contributed by atoms with van der Waals surface area (Å²) >= 11 is 0. The molecule has 0 aliphatic carbocycles. The highest BCUT2D eigenvalue weighted by atomic mass is 16.7. The molecule has 0 spiro atoms. The van der Waals surface area contributed by atoms with E-state index in [2.05, 4.69) is 0 Å². The van der Waals surface area contributed by atoms with Crippen LogP contribution < -0.4 is 9.47 Å². The van der Waals surface area contributed by atoms with Gasteiger partial charge in [0.2, 0.25) is 6.79 Å². The lowest BCUT2D eigenvalue weighted by atomic mass is 10.0. The van der Waals surface area contributed by atoms with Crippen LogP contribution in [0.4, 0.5) is 0 Å². The van der Waals surface area contributed by atoms with E-state index in [0.29, 0.717) is 12.2 Å². The highest BCUT2D eigenvalue weighted by Gasteiger charge is 2.16. The molecule has 0 radical (unpaired) electrons. The molecule has 4 heteroatoms. The van der Waals surface area contributed by atoms with E-state index in [9.17, 15) is 4.79 Å². The minimum Gasteiger partial charge on any atom is -0.481 e. The molecule has 1 aliphatic rings. The van der Waals surface area contributed by atoms with Gasteiger partial charge in [-0.05, 0) is 24.1 Å². The van der Waals surface area contributed by atoms with Crippen LogP contribution in [0.1, 0.15) is 12.5 Å². The Bertz CT molecular complexity index is 386. The molecule has 2 rings (SSSR count). The zero-order valence-corrected chi connectivity index (χ0v) is 8.40. The molecule has 1 aromatic rings. The fourth-order valence-corrected chi connectivity index (χ4v) is 1.51. The van der Waals surface area contributed by atoms with Crippen LogP contribution in [0.25, 0.3) is 0 Å². The fraction of sp³-hybridized carbons (Fsp3) is 0.364. The summed E-state index contributed by atoms with van der Waals surface area (Å²) in [5.41, 5.74) is 0.953. The quantitative estimate of drug-likeness (QED) is 0.821. The average molecular weight is 208 g/mol. The number of hydrogen-bond donors (Lipinski definition) is 1. The van der Waals surface area contributed by atoms with Gasteiger partial charge in [-0.15, -0.1) is 0 Å². The largest absolute Gasteiger partial charge is 0.481 e. The van der Waals surface area contributed by atoms with Gasteiger partial charge < -0.3 is 14.6 Å². The van der Waals surface area contributed by atoms with Gasteiger partial charge in [-0.2, -0.15) is 0 Å². The van der Waals surface area contributed by atoms with Gasteiger partial charge in [-0.3, -0.25) is 4.79 Å². The van der Waals surface area contributed by atoms with E-state index in [4.69, 9.17) is 14.6 Å². The van der Waals surface area contributed by atoms with Crippen molar-refractivity contribution in [3.63, 3.8) is 0 Å². The summed E-state index contributed by atoms with van der Waals surface area (Å²) in [7, 11) is 0. The van der Waals surface area contributed by atoms with E-state index in [1.165, 1.54) is 0 Å². The molecule has 80 valence electrons. The summed E-state index contributed by atoms with van der Waals surface area (Å²) in [4.78, 5) is 10.7. The maximum absolute atomic E-state index is 10.7.